The molecule has 0 fully saturated rings. The van der Waals surface area contributed by atoms with Crippen molar-refractivity contribution in [2.45, 2.75) is 13.3 Å². The molecule has 0 unspecified atom stereocenters. The fourth-order valence-electron chi connectivity index (χ4n) is 1.39. The van der Waals surface area contributed by atoms with Crippen LogP contribution in [0.1, 0.15) is 11.1 Å². The third-order valence-corrected chi connectivity index (χ3v) is 2.81. The van der Waals surface area contributed by atoms with Crippen molar-refractivity contribution in [1.82, 2.24) is 0 Å². The Balaban J connectivity index is 3.03. The van der Waals surface area contributed by atoms with Crippen molar-refractivity contribution in [2.24, 2.45) is 0 Å². The second kappa shape index (κ2) is 4.78. The van der Waals surface area contributed by atoms with Gasteiger partial charge in [0.15, 0.2) is 0 Å². The van der Waals surface area contributed by atoms with Gasteiger partial charge in [-0.1, -0.05) is 0 Å². The first-order valence-corrected chi connectivity index (χ1v) is 6.14. The number of ether oxygens (including phenoxy) is 1. The van der Waals surface area contributed by atoms with Gasteiger partial charge in [0.1, 0.15) is 11.6 Å². The summed E-state index contributed by atoms with van der Waals surface area (Å²) in [6.07, 6.45) is -0.242. The maximum absolute atomic E-state index is 13.5. The van der Waals surface area contributed by atoms with Gasteiger partial charge in [-0.05, 0) is 31.0 Å². The summed E-state index contributed by atoms with van der Waals surface area (Å²) in [6.45, 7) is 1.68. The number of aryl methyl sites for hydroxylation is 1. The molecule has 0 saturated heterocycles. The molecule has 0 aliphatic carbocycles. The van der Waals surface area contributed by atoms with Crippen LogP contribution in [-0.4, -0.2) is 21.3 Å². The van der Waals surface area contributed by atoms with Gasteiger partial charge in [-0.2, -0.15) is 8.42 Å². The summed E-state index contributed by atoms with van der Waals surface area (Å²) in [5, 5.41) is 0. The molecule has 0 heterocycles. The van der Waals surface area contributed by atoms with E-state index in [1.165, 1.54) is 13.2 Å². The first kappa shape index (κ1) is 12.9. The van der Waals surface area contributed by atoms with Crippen LogP contribution in [0.4, 0.5) is 8.28 Å². The van der Waals surface area contributed by atoms with Crippen LogP contribution in [0, 0.1) is 12.7 Å². The van der Waals surface area contributed by atoms with E-state index in [9.17, 15) is 16.7 Å². The Hall–Kier alpha value is -1.17. The van der Waals surface area contributed by atoms with Crippen LogP contribution in [0.3, 0.4) is 0 Å². The average Bonchev–Trinajstić information content (AvgIpc) is 2.13. The normalized spacial score (nSPS) is 11.5. The Labute approximate surface area is 93.3 Å². The maximum Gasteiger partial charge on any atom is 0.302 e. The van der Waals surface area contributed by atoms with Crippen molar-refractivity contribution >= 4 is 10.2 Å². The first-order valence-electron chi connectivity index (χ1n) is 4.59. The zero-order valence-electron chi connectivity index (χ0n) is 8.96. The molecule has 0 bridgehead atoms. The number of methoxy groups -OCH3 is 1. The molecule has 0 atom stereocenters. The van der Waals surface area contributed by atoms with E-state index in [4.69, 9.17) is 4.74 Å². The highest BCUT2D eigenvalue weighted by atomic mass is 32.3. The quantitative estimate of drug-likeness (QED) is 0.767. The summed E-state index contributed by atoms with van der Waals surface area (Å²) < 4.78 is 51.4. The number of hydrogen-bond acceptors (Lipinski definition) is 3. The standard InChI is InChI=1S/C10H12F2O3S/c1-7-5-9(11)8(10(6-7)15-2)3-4-16(12,13)14/h5-6H,3-4H2,1-2H3. The molecule has 1 aromatic carbocycles. The summed E-state index contributed by atoms with van der Waals surface area (Å²) in [4.78, 5) is 0. The second-order valence-electron chi connectivity index (χ2n) is 3.42. The third kappa shape index (κ3) is 3.44. The molecule has 0 radical (unpaired) electrons. The molecule has 1 aromatic rings. The van der Waals surface area contributed by atoms with Crippen LogP contribution in [-0.2, 0) is 16.6 Å². The molecule has 0 aliphatic heterocycles. The van der Waals surface area contributed by atoms with Crippen molar-refractivity contribution in [3.63, 3.8) is 0 Å². The Morgan fingerprint density at radius 1 is 1.38 bits per heavy atom. The highest BCUT2D eigenvalue weighted by Gasteiger charge is 2.15. The molecule has 16 heavy (non-hydrogen) atoms. The summed E-state index contributed by atoms with van der Waals surface area (Å²) in [5.41, 5.74) is 0.732. The van der Waals surface area contributed by atoms with Crippen molar-refractivity contribution in [2.75, 3.05) is 12.9 Å². The SMILES string of the molecule is COc1cc(C)cc(F)c1CCS(=O)(=O)F. The van der Waals surface area contributed by atoms with Crippen LogP contribution in [0.2, 0.25) is 0 Å². The van der Waals surface area contributed by atoms with Gasteiger partial charge in [-0.25, -0.2) is 4.39 Å². The van der Waals surface area contributed by atoms with Crippen LogP contribution < -0.4 is 4.74 Å². The Kier molecular flexibility index (Phi) is 3.85. The van der Waals surface area contributed by atoms with Crippen molar-refractivity contribution in [3.8, 4) is 5.75 Å². The van der Waals surface area contributed by atoms with Crippen LogP contribution in [0.15, 0.2) is 12.1 Å². The molecule has 6 heteroatoms. The van der Waals surface area contributed by atoms with E-state index < -0.39 is 21.8 Å². The average molecular weight is 250 g/mol. The maximum atomic E-state index is 13.5. The number of benzene rings is 1. The molecule has 0 aromatic heterocycles. The minimum Gasteiger partial charge on any atom is -0.496 e. The second-order valence-corrected chi connectivity index (χ2v) is 4.91. The highest BCUT2D eigenvalue weighted by molar-refractivity contribution is 7.86. The van der Waals surface area contributed by atoms with E-state index in [0.29, 0.717) is 5.56 Å². The predicted octanol–water partition coefficient (Wildman–Crippen LogP) is 1.98. The fraction of sp³-hybridized carbons (Fsp3) is 0.400. The molecule has 1 rings (SSSR count). The first-order chi connectivity index (χ1) is 7.33. The van der Waals surface area contributed by atoms with Gasteiger partial charge in [0, 0.05) is 5.56 Å². The van der Waals surface area contributed by atoms with Crippen LogP contribution in [0.5, 0.6) is 5.75 Å². The monoisotopic (exact) mass is 250 g/mol. The molecule has 90 valence electrons. The van der Waals surface area contributed by atoms with E-state index in [1.807, 2.05) is 0 Å². The zero-order chi connectivity index (χ0) is 12.3. The lowest BCUT2D eigenvalue weighted by Gasteiger charge is -2.09. The molecule has 0 amide bonds. The van der Waals surface area contributed by atoms with E-state index in [-0.39, 0.29) is 17.7 Å². The Morgan fingerprint density at radius 2 is 2.00 bits per heavy atom. The Bertz CT molecular complexity index is 483. The van der Waals surface area contributed by atoms with Crippen molar-refractivity contribution in [3.05, 3.63) is 29.1 Å². The van der Waals surface area contributed by atoms with Gasteiger partial charge < -0.3 is 4.74 Å². The minimum absolute atomic E-state index is 0.0781. The molecule has 0 spiro atoms. The smallest absolute Gasteiger partial charge is 0.302 e. The highest BCUT2D eigenvalue weighted by Crippen LogP contribution is 2.24. The van der Waals surface area contributed by atoms with E-state index in [2.05, 4.69) is 0 Å². The van der Waals surface area contributed by atoms with Gasteiger partial charge in [0.2, 0.25) is 0 Å². The van der Waals surface area contributed by atoms with Gasteiger partial charge in [-0.15, -0.1) is 3.89 Å². The molecule has 3 nitrogen and oxygen atoms in total. The van der Waals surface area contributed by atoms with E-state index >= 15 is 0 Å². The number of halogens is 2. The van der Waals surface area contributed by atoms with Gasteiger partial charge >= 0.3 is 10.2 Å². The minimum atomic E-state index is -4.60. The lowest BCUT2D eigenvalue weighted by atomic mass is 10.1. The lowest BCUT2D eigenvalue weighted by Crippen LogP contribution is -2.06. The van der Waals surface area contributed by atoms with Crippen LogP contribution >= 0.6 is 0 Å². The molecular weight excluding hydrogens is 238 g/mol. The van der Waals surface area contributed by atoms with Gasteiger partial charge in [0.05, 0.1) is 12.9 Å². The van der Waals surface area contributed by atoms with E-state index in [1.54, 1.807) is 13.0 Å². The number of rotatable bonds is 4. The topological polar surface area (TPSA) is 43.4 Å². The van der Waals surface area contributed by atoms with Crippen LogP contribution in [0.25, 0.3) is 0 Å². The summed E-state index contributed by atoms with van der Waals surface area (Å²) in [6, 6.07) is 2.83. The third-order valence-electron chi connectivity index (χ3n) is 2.11. The molecule has 0 saturated carbocycles. The number of hydrogen-bond donors (Lipinski definition) is 0. The fourth-order valence-corrected chi connectivity index (χ4v) is 1.84. The van der Waals surface area contributed by atoms with Gasteiger partial charge in [-0.3, -0.25) is 0 Å². The summed E-state index contributed by atoms with van der Waals surface area (Å²) in [5.74, 6) is -1.09. The zero-order valence-corrected chi connectivity index (χ0v) is 9.77. The summed E-state index contributed by atoms with van der Waals surface area (Å²) in [7, 11) is -3.25. The van der Waals surface area contributed by atoms with Gasteiger partial charge in [0.25, 0.3) is 0 Å². The van der Waals surface area contributed by atoms with Crippen molar-refractivity contribution in [1.29, 1.82) is 0 Å². The molecular formula is C10H12F2O3S. The van der Waals surface area contributed by atoms with Crippen molar-refractivity contribution < 1.29 is 21.4 Å². The summed E-state index contributed by atoms with van der Waals surface area (Å²) >= 11 is 0. The predicted molar refractivity (Wildman–Crippen MR) is 56.3 cm³/mol. The largest absolute Gasteiger partial charge is 0.496 e. The molecule has 0 aliphatic rings. The molecule has 0 N–H and O–H groups in total. The van der Waals surface area contributed by atoms with E-state index in [0.717, 1.165) is 0 Å². The lowest BCUT2D eigenvalue weighted by molar-refractivity contribution is 0.404. The Morgan fingerprint density at radius 3 is 2.50 bits per heavy atom.